The zero-order valence-electron chi connectivity index (χ0n) is 10.7. The summed E-state index contributed by atoms with van der Waals surface area (Å²) in [5.74, 6) is 0.340. The average Bonchev–Trinajstić information content (AvgIpc) is 2.31. The summed E-state index contributed by atoms with van der Waals surface area (Å²) >= 11 is 5.97. The van der Waals surface area contributed by atoms with Gasteiger partial charge < -0.3 is 10.1 Å². The third kappa shape index (κ3) is 3.03. The summed E-state index contributed by atoms with van der Waals surface area (Å²) in [5, 5.41) is 4.06. The maximum atomic E-state index is 11.3. The van der Waals surface area contributed by atoms with Gasteiger partial charge in [0.15, 0.2) is 0 Å². The van der Waals surface area contributed by atoms with Crippen molar-refractivity contribution in [3.8, 4) is 0 Å². The van der Waals surface area contributed by atoms with Gasteiger partial charge >= 0.3 is 5.97 Å². The van der Waals surface area contributed by atoms with Gasteiger partial charge in [0.25, 0.3) is 0 Å². The minimum atomic E-state index is -0.236. The molecule has 1 aromatic rings. The molecule has 1 fully saturated rings. The lowest BCUT2D eigenvalue weighted by Gasteiger charge is -2.37. The number of halogens is 1. The van der Waals surface area contributed by atoms with Gasteiger partial charge in [-0.25, -0.2) is 0 Å². The Balaban J connectivity index is 1.82. The number of carbonyl (C=O) groups is 1. The molecule has 3 nitrogen and oxygen atoms in total. The molecule has 98 valence electrons. The molecule has 0 saturated heterocycles. The first kappa shape index (κ1) is 13.4. The Kier molecular flexibility index (Phi) is 4.25. The van der Waals surface area contributed by atoms with Crippen LogP contribution in [0.3, 0.4) is 0 Å². The van der Waals surface area contributed by atoms with Crippen molar-refractivity contribution in [2.75, 3.05) is 7.11 Å². The van der Waals surface area contributed by atoms with Crippen molar-refractivity contribution in [3.05, 3.63) is 34.9 Å². The van der Waals surface area contributed by atoms with Crippen molar-refractivity contribution in [2.24, 2.45) is 0 Å². The molecule has 0 aromatic heterocycles. The Morgan fingerprint density at radius 3 is 2.83 bits per heavy atom. The van der Waals surface area contributed by atoms with E-state index in [4.69, 9.17) is 11.6 Å². The molecular formula is C14H18ClNO2. The molecule has 1 aliphatic rings. The molecule has 1 saturated carbocycles. The normalized spacial score (nSPS) is 24.2. The van der Waals surface area contributed by atoms with Crippen LogP contribution < -0.4 is 5.32 Å². The molecule has 1 unspecified atom stereocenters. The van der Waals surface area contributed by atoms with Crippen LogP contribution in [0.1, 0.15) is 31.2 Å². The van der Waals surface area contributed by atoms with Crippen molar-refractivity contribution in [3.63, 3.8) is 0 Å². The minimum Gasteiger partial charge on any atom is -0.468 e. The molecule has 1 atom stereocenters. The highest BCUT2D eigenvalue weighted by molar-refractivity contribution is 6.30. The molecule has 0 bridgehead atoms. The fraction of sp³-hybridized carbons (Fsp3) is 0.500. The molecule has 0 radical (unpaired) electrons. The van der Waals surface area contributed by atoms with Crippen LogP contribution in [0.2, 0.25) is 5.02 Å². The van der Waals surface area contributed by atoms with E-state index < -0.39 is 0 Å². The summed E-state index contributed by atoms with van der Waals surface area (Å²) in [6.45, 7) is 1.83. The van der Waals surface area contributed by atoms with Crippen LogP contribution >= 0.6 is 11.6 Å². The Morgan fingerprint density at radius 2 is 2.22 bits per heavy atom. The lowest BCUT2D eigenvalue weighted by molar-refractivity contribution is -0.143. The van der Waals surface area contributed by atoms with Crippen LogP contribution in [-0.4, -0.2) is 25.2 Å². The second-order valence-electron chi connectivity index (χ2n) is 4.83. The molecule has 0 spiro atoms. The van der Waals surface area contributed by atoms with E-state index in [-0.39, 0.29) is 12.0 Å². The highest BCUT2D eigenvalue weighted by Crippen LogP contribution is 2.37. The van der Waals surface area contributed by atoms with Gasteiger partial charge in [-0.1, -0.05) is 23.7 Å². The average molecular weight is 268 g/mol. The van der Waals surface area contributed by atoms with Crippen LogP contribution in [0.4, 0.5) is 0 Å². The highest BCUT2D eigenvalue weighted by Gasteiger charge is 2.32. The lowest BCUT2D eigenvalue weighted by Crippen LogP contribution is -2.47. The molecule has 0 aliphatic heterocycles. The number of esters is 1. The van der Waals surface area contributed by atoms with Crippen molar-refractivity contribution in [1.82, 2.24) is 5.32 Å². The first-order chi connectivity index (χ1) is 8.60. The highest BCUT2D eigenvalue weighted by atomic mass is 35.5. The van der Waals surface area contributed by atoms with Gasteiger partial charge in [-0.3, -0.25) is 4.79 Å². The Labute approximate surface area is 112 Å². The van der Waals surface area contributed by atoms with Gasteiger partial charge in [0.2, 0.25) is 0 Å². The monoisotopic (exact) mass is 267 g/mol. The van der Waals surface area contributed by atoms with Gasteiger partial charge in [0, 0.05) is 11.1 Å². The van der Waals surface area contributed by atoms with Gasteiger partial charge in [-0.2, -0.15) is 0 Å². The van der Waals surface area contributed by atoms with E-state index in [9.17, 15) is 4.79 Å². The molecule has 0 amide bonds. The molecule has 1 N–H and O–H groups in total. The van der Waals surface area contributed by atoms with Crippen molar-refractivity contribution in [2.45, 2.75) is 37.8 Å². The number of nitrogens with one attached hydrogen (secondary N) is 1. The van der Waals surface area contributed by atoms with Crippen LogP contribution in [0.25, 0.3) is 0 Å². The van der Waals surface area contributed by atoms with Crippen LogP contribution in [-0.2, 0) is 9.53 Å². The second kappa shape index (κ2) is 5.72. The van der Waals surface area contributed by atoms with Gasteiger partial charge in [0.1, 0.15) is 6.04 Å². The zero-order chi connectivity index (χ0) is 13.1. The predicted molar refractivity (Wildman–Crippen MR) is 71.8 cm³/mol. The smallest absolute Gasteiger partial charge is 0.322 e. The molecule has 18 heavy (non-hydrogen) atoms. The largest absolute Gasteiger partial charge is 0.468 e. The molecule has 1 aliphatic carbocycles. The summed E-state index contributed by atoms with van der Waals surface area (Å²) in [6.07, 6.45) is 2.09. The Bertz CT molecular complexity index is 430. The molecule has 1 aromatic carbocycles. The standard InChI is InChI=1S/C14H18ClNO2/c1-9(14(17)18-2)16-13-7-11(8-13)10-4-3-5-12(15)6-10/h3-6,9,11,13,16H,7-8H2,1-2H3. The summed E-state index contributed by atoms with van der Waals surface area (Å²) in [5.41, 5.74) is 1.28. The molecule has 2 rings (SSSR count). The van der Waals surface area contributed by atoms with Gasteiger partial charge in [-0.15, -0.1) is 0 Å². The number of ether oxygens (including phenoxy) is 1. The fourth-order valence-electron chi connectivity index (χ4n) is 2.38. The van der Waals surface area contributed by atoms with Crippen molar-refractivity contribution < 1.29 is 9.53 Å². The lowest BCUT2D eigenvalue weighted by atomic mass is 9.75. The number of methoxy groups -OCH3 is 1. The number of carbonyl (C=O) groups excluding carboxylic acids is 1. The van der Waals surface area contributed by atoms with Crippen LogP contribution in [0, 0.1) is 0 Å². The van der Waals surface area contributed by atoms with Gasteiger partial charge in [0.05, 0.1) is 7.11 Å². The topological polar surface area (TPSA) is 38.3 Å². The first-order valence-corrected chi connectivity index (χ1v) is 6.57. The minimum absolute atomic E-state index is 0.207. The van der Waals surface area contributed by atoms with Crippen molar-refractivity contribution >= 4 is 17.6 Å². The summed E-state index contributed by atoms with van der Waals surface area (Å²) in [4.78, 5) is 11.3. The van der Waals surface area contributed by atoms with Crippen LogP contribution in [0.15, 0.2) is 24.3 Å². The van der Waals surface area contributed by atoms with E-state index in [0.717, 1.165) is 17.9 Å². The van der Waals surface area contributed by atoms with E-state index in [1.807, 2.05) is 25.1 Å². The van der Waals surface area contributed by atoms with Gasteiger partial charge in [-0.05, 0) is 43.4 Å². The van der Waals surface area contributed by atoms with Crippen LogP contribution in [0.5, 0.6) is 0 Å². The Morgan fingerprint density at radius 1 is 1.50 bits per heavy atom. The third-order valence-corrected chi connectivity index (χ3v) is 3.73. The van der Waals surface area contributed by atoms with E-state index in [1.54, 1.807) is 0 Å². The number of benzene rings is 1. The Hall–Kier alpha value is -1.06. The zero-order valence-corrected chi connectivity index (χ0v) is 11.4. The second-order valence-corrected chi connectivity index (χ2v) is 5.27. The maximum Gasteiger partial charge on any atom is 0.322 e. The SMILES string of the molecule is COC(=O)C(C)NC1CC(c2cccc(Cl)c2)C1. The molecule has 0 heterocycles. The maximum absolute atomic E-state index is 11.3. The summed E-state index contributed by atoms with van der Waals surface area (Å²) < 4.78 is 4.69. The fourth-order valence-corrected chi connectivity index (χ4v) is 2.58. The number of hydrogen-bond acceptors (Lipinski definition) is 3. The van der Waals surface area contributed by atoms with E-state index in [0.29, 0.717) is 12.0 Å². The summed E-state index contributed by atoms with van der Waals surface area (Å²) in [7, 11) is 1.41. The first-order valence-electron chi connectivity index (χ1n) is 6.19. The quantitative estimate of drug-likeness (QED) is 0.853. The number of rotatable bonds is 4. The van der Waals surface area contributed by atoms with E-state index in [2.05, 4.69) is 16.1 Å². The van der Waals surface area contributed by atoms with E-state index in [1.165, 1.54) is 12.7 Å². The predicted octanol–water partition coefficient (Wildman–Crippen LogP) is 2.74. The summed E-state index contributed by atoms with van der Waals surface area (Å²) in [6, 6.07) is 8.15. The van der Waals surface area contributed by atoms with Crippen molar-refractivity contribution in [1.29, 1.82) is 0 Å². The molecular weight excluding hydrogens is 250 g/mol. The third-order valence-electron chi connectivity index (χ3n) is 3.50. The molecule has 4 heteroatoms. The number of hydrogen-bond donors (Lipinski definition) is 1. The van der Waals surface area contributed by atoms with E-state index >= 15 is 0 Å².